The van der Waals surface area contributed by atoms with E-state index in [0.29, 0.717) is 18.3 Å². The van der Waals surface area contributed by atoms with Gasteiger partial charge in [-0.25, -0.2) is 0 Å². The van der Waals surface area contributed by atoms with Crippen molar-refractivity contribution in [1.29, 1.82) is 0 Å². The van der Waals surface area contributed by atoms with E-state index in [4.69, 9.17) is 9.15 Å². The molecule has 142 valence electrons. The first-order chi connectivity index (χ1) is 13.6. The number of fused-ring (bicyclic) bond motifs is 1. The van der Waals surface area contributed by atoms with Crippen LogP contribution in [0.3, 0.4) is 0 Å². The SMILES string of the molecule is COc1ccc(CNC(=O)Cn2cc(-c3nnc(C)o3)c3ccccc32)cc1. The number of hydrogen-bond acceptors (Lipinski definition) is 5. The standard InChI is InChI=1S/C21H20N4O3/c1-14-23-24-21(28-14)18-12-25(19-6-4-3-5-17(18)19)13-20(26)22-11-15-7-9-16(27-2)10-8-15/h3-10,12H,11,13H2,1-2H3,(H,22,26). The lowest BCUT2D eigenvalue weighted by Crippen LogP contribution is -2.26. The van der Waals surface area contributed by atoms with Gasteiger partial charge in [-0.2, -0.15) is 0 Å². The molecule has 0 aliphatic heterocycles. The number of nitrogens with zero attached hydrogens (tertiary/aromatic N) is 3. The molecule has 2 aromatic carbocycles. The van der Waals surface area contributed by atoms with Gasteiger partial charge in [-0.3, -0.25) is 4.79 Å². The zero-order valence-electron chi connectivity index (χ0n) is 15.7. The van der Waals surface area contributed by atoms with E-state index in [1.165, 1.54) is 0 Å². The number of aromatic nitrogens is 3. The Morgan fingerprint density at radius 1 is 1.14 bits per heavy atom. The third kappa shape index (κ3) is 3.59. The first kappa shape index (κ1) is 17.8. The largest absolute Gasteiger partial charge is 0.497 e. The van der Waals surface area contributed by atoms with E-state index in [-0.39, 0.29) is 12.5 Å². The first-order valence-corrected chi connectivity index (χ1v) is 8.92. The van der Waals surface area contributed by atoms with E-state index >= 15 is 0 Å². The third-order valence-electron chi connectivity index (χ3n) is 4.51. The molecule has 2 heterocycles. The molecular formula is C21H20N4O3. The minimum Gasteiger partial charge on any atom is -0.497 e. The Morgan fingerprint density at radius 2 is 1.93 bits per heavy atom. The predicted octanol–water partition coefficient (Wildman–Crippen LogP) is 3.32. The van der Waals surface area contributed by atoms with Gasteiger partial charge in [0, 0.05) is 30.6 Å². The number of rotatable bonds is 6. The number of methoxy groups -OCH3 is 1. The summed E-state index contributed by atoms with van der Waals surface area (Å²) < 4.78 is 12.6. The lowest BCUT2D eigenvalue weighted by atomic mass is 10.2. The highest BCUT2D eigenvalue weighted by atomic mass is 16.5. The van der Waals surface area contributed by atoms with Crippen molar-refractivity contribution in [3.8, 4) is 17.2 Å². The number of carbonyl (C=O) groups excluding carboxylic acids is 1. The third-order valence-corrected chi connectivity index (χ3v) is 4.51. The van der Waals surface area contributed by atoms with Crippen LogP contribution in [0.2, 0.25) is 0 Å². The molecule has 0 unspecified atom stereocenters. The summed E-state index contributed by atoms with van der Waals surface area (Å²) in [6.07, 6.45) is 1.88. The van der Waals surface area contributed by atoms with Crippen molar-refractivity contribution < 1.29 is 13.9 Å². The van der Waals surface area contributed by atoms with Crippen LogP contribution >= 0.6 is 0 Å². The van der Waals surface area contributed by atoms with Gasteiger partial charge in [0.1, 0.15) is 12.3 Å². The summed E-state index contributed by atoms with van der Waals surface area (Å²) in [5.41, 5.74) is 2.76. The molecule has 0 fully saturated rings. The van der Waals surface area contributed by atoms with Gasteiger partial charge in [-0.15, -0.1) is 10.2 Å². The van der Waals surface area contributed by atoms with Gasteiger partial charge in [0.15, 0.2) is 0 Å². The zero-order valence-corrected chi connectivity index (χ0v) is 15.7. The topological polar surface area (TPSA) is 82.2 Å². The Kier molecular flexibility index (Phi) is 4.80. The minimum absolute atomic E-state index is 0.0789. The maximum atomic E-state index is 12.5. The lowest BCUT2D eigenvalue weighted by Gasteiger charge is -2.08. The Balaban J connectivity index is 1.51. The van der Waals surface area contributed by atoms with Gasteiger partial charge in [0.05, 0.1) is 12.7 Å². The monoisotopic (exact) mass is 376 g/mol. The zero-order chi connectivity index (χ0) is 19.5. The second-order valence-electron chi connectivity index (χ2n) is 6.44. The molecule has 7 nitrogen and oxygen atoms in total. The number of para-hydroxylation sites is 1. The van der Waals surface area contributed by atoms with Gasteiger partial charge in [-0.05, 0) is 23.8 Å². The summed E-state index contributed by atoms with van der Waals surface area (Å²) in [6.45, 7) is 2.41. The molecule has 4 aromatic rings. The number of carbonyl (C=O) groups is 1. The highest BCUT2D eigenvalue weighted by molar-refractivity contribution is 5.94. The number of aryl methyl sites for hydroxylation is 1. The second kappa shape index (κ2) is 7.56. The van der Waals surface area contributed by atoms with Crippen LogP contribution in [0, 0.1) is 6.92 Å². The van der Waals surface area contributed by atoms with E-state index in [1.807, 2.05) is 59.3 Å². The van der Waals surface area contributed by atoms with Crippen LogP contribution in [0.25, 0.3) is 22.4 Å². The van der Waals surface area contributed by atoms with Crippen molar-refractivity contribution in [1.82, 2.24) is 20.1 Å². The molecule has 0 aliphatic rings. The summed E-state index contributed by atoms with van der Waals surface area (Å²) in [4.78, 5) is 12.5. The number of amides is 1. The Labute approximate surface area is 161 Å². The van der Waals surface area contributed by atoms with E-state index < -0.39 is 0 Å². The fraction of sp³-hybridized carbons (Fsp3) is 0.190. The summed E-state index contributed by atoms with van der Waals surface area (Å²) in [6, 6.07) is 15.5. The van der Waals surface area contributed by atoms with Crippen LogP contribution in [0.15, 0.2) is 59.1 Å². The fourth-order valence-electron chi connectivity index (χ4n) is 3.11. The van der Waals surface area contributed by atoms with Crippen molar-refractivity contribution in [3.63, 3.8) is 0 Å². The smallest absolute Gasteiger partial charge is 0.249 e. The predicted molar refractivity (Wildman–Crippen MR) is 105 cm³/mol. The normalized spacial score (nSPS) is 10.9. The molecule has 0 bridgehead atoms. The molecule has 0 aliphatic carbocycles. The fourth-order valence-corrected chi connectivity index (χ4v) is 3.11. The molecule has 1 amide bonds. The van der Waals surface area contributed by atoms with Crippen LogP contribution in [0.4, 0.5) is 0 Å². The summed E-state index contributed by atoms with van der Waals surface area (Å²) in [5, 5.41) is 11.9. The minimum atomic E-state index is -0.0789. The number of hydrogen-bond donors (Lipinski definition) is 1. The van der Waals surface area contributed by atoms with Gasteiger partial charge >= 0.3 is 0 Å². The Hall–Kier alpha value is -3.61. The van der Waals surface area contributed by atoms with Gasteiger partial charge in [0.25, 0.3) is 0 Å². The quantitative estimate of drug-likeness (QED) is 0.558. The molecule has 0 radical (unpaired) electrons. The van der Waals surface area contributed by atoms with Crippen molar-refractivity contribution in [3.05, 3.63) is 66.2 Å². The van der Waals surface area contributed by atoms with Crippen molar-refractivity contribution >= 4 is 16.8 Å². The Bertz CT molecular complexity index is 1110. The van der Waals surface area contributed by atoms with E-state index in [2.05, 4.69) is 15.5 Å². The van der Waals surface area contributed by atoms with Crippen LogP contribution in [-0.2, 0) is 17.9 Å². The average Bonchev–Trinajstić information content (AvgIpc) is 3.31. The van der Waals surface area contributed by atoms with E-state index in [9.17, 15) is 4.79 Å². The number of ether oxygens (including phenoxy) is 1. The first-order valence-electron chi connectivity index (χ1n) is 8.92. The van der Waals surface area contributed by atoms with Crippen LogP contribution < -0.4 is 10.1 Å². The highest BCUT2D eigenvalue weighted by Gasteiger charge is 2.16. The molecule has 0 spiro atoms. The summed E-state index contributed by atoms with van der Waals surface area (Å²) in [5.74, 6) is 1.66. The number of benzene rings is 2. The van der Waals surface area contributed by atoms with Gasteiger partial charge < -0.3 is 19.0 Å². The van der Waals surface area contributed by atoms with Crippen LogP contribution in [-0.4, -0.2) is 27.8 Å². The van der Waals surface area contributed by atoms with E-state index in [0.717, 1.165) is 27.8 Å². The molecule has 7 heteroatoms. The van der Waals surface area contributed by atoms with Crippen molar-refractivity contribution in [2.75, 3.05) is 7.11 Å². The molecule has 2 aromatic heterocycles. The molecular weight excluding hydrogens is 356 g/mol. The average molecular weight is 376 g/mol. The molecule has 1 N–H and O–H groups in total. The van der Waals surface area contributed by atoms with E-state index in [1.54, 1.807) is 14.0 Å². The highest BCUT2D eigenvalue weighted by Crippen LogP contribution is 2.29. The lowest BCUT2D eigenvalue weighted by molar-refractivity contribution is -0.121. The molecule has 0 atom stereocenters. The van der Waals surface area contributed by atoms with Crippen LogP contribution in [0.1, 0.15) is 11.5 Å². The Morgan fingerprint density at radius 3 is 2.64 bits per heavy atom. The molecule has 0 saturated heterocycles. The molecule has 0 saturated carbocycles. The van der Waals surface area contributed by atoms with Gasteiger partial charge in [-0.1, -0.05) is 30.3 Å². The molecule has 4 rings (SSSR count). The van der Waals surface area contributed by atoms with Crippen LogP contribution in [0.5, 0.6) is 5.75 Å². The summed E-state index contributed by atoms with van der Waals surface area (Å²) in [7, 11) is 1.63. The summed E-state index contributed by atoms with van der Waals surface area (Å²) >= 11 is 0. The maximum absolute atomic E-state index is 12.5. The second-order valence-corrected chi connectivity index (χ2v) is 6.44. The maximum Gasteiger partial charge on any atom is 0.249 e. The van der Waals surface area contributed by atoms with Gasteiger partial charge in [0.2, 0.25) is 17.7 Å². The van der Waals surface area contributed by atoms with Crippen molar-refractivity contribution in [2.45, 2.75) is 20.0 Å². The number of nitrogens with one attached hydrogen (secondary N) is 1. The molecule has 28 heavy (non-hydrogen) atoms. The van der Waals surface area contributed by atoms with Crippen molar-refractivity contribution in [2.24, 2.45) is 0 Å².